The summed E-state index contributed by atoms with van der Waals surface area (Å²) in [5, 5.41) is 6.36. The van der Waals surface area contributed by atoms with E-state index in [-0.39, 0.29) is 36.2 Å². The number of cyclic esters (lactones) is 1. The second kappa shape index (κ2) is 8.15. The molecule has 3 aliphatic heterocycles. The Kier molecular flexibility index (Phi) is 5.56. The van der Waals surface area contributed by atoms with Crippen LogP contribution in [0.5, 0.6) is 0 Å². The first-order valence-electron chi connectivity index (χ1n) is 9.80. The number of Topliss-reactive ketones (excluding diaryl/α,β-unsaturated/α-hetero) is 1. The number of amides is 2. The number of halogens is 2. The monoisotopic (exact) mass is 423 g/mol. The molecule has 3 fully saturated rings. The molecular weight excluding hydrogens is 400 g/mol. The molecule has 0 radical (unpaired) electrons. The molecular formula is C19H23F2N5O4. The summed E-state index contributed by atoms with van der Waals surface area (Å²) in [7, 11) is 0. The van der Waals surface area contributed by atoms with Crippen molar-refractivity contribution in [3.8, 4) is 0 Å². The van der Waals surface area contributed by atoms with E-state index in [4.69, 9.17) is 4.74 Å². The van der Waals surface area contributed by atoms with Gasteiger partial charge in [0, 0.05) is 45.2 Å². The fourth-order valence-corrected chi connectivity index (χ4v) is 4.01. The van der Waals surface area contributed by atoms with E-state index in [0.29, 0.717) is 39.3 Å². The largest absolute Gasteiger partial charge is 0.442 e. The molecule has 30 heavy (non-hydrogen) atoms. The maximum absolute atomic E-state index is 14.9. The van der Waals surface area contributed by atoms with Crippen LogP contribution in [-0.2, 0) is 14.3 Å². The number of carbonyl (C=O) groups excluding carboxylic acids is 3. The van der Waals surface area contributed by atoms with Crippen LogP contribution in [0.15, 0.2) is 12.1 Å². The molecule has 0 aromatic heterocycles. The van der Waals surface area contributed by atoms with Crippen LogP contribution < -0.4 is 15.1 Å². The van der Waals surface area contributed by atoms with Crippen molar-refractivity contribution in [2.45, 2.75) is 13.0 Å². The Morgan fingerprint density at radius 1 is 1.10 bits per heavy atom. The Hall–Kier alpha value is -2.79. The van der Waals surface area contributed by atoms with E-state index >= 15 is 0 Å². The number of hydrazine groups is 1. The Morgan fingerprint density at radius 2 is 1.70 bits per heavy atom. The number of ether oxygens (including phenoxy) is 1. The van der Waals surface area contributed by atoms with Crippen molar-refractivity contribution in [3.05, 3.63) is 23.8 Å². The molecule has 0 spiro atoms. The number of carbonyl (C=O) groups is 3. The van der Waals surface area contributed by atoms with Gasteiger partial charge in [-0.15, -0.1) is 0 Å². The second-order valence-corrected chi connectivity index (χ2v) is 7.61. The summed E-state index contributed by atoms with van der Waals surface area (Å²) < 4.78 is 35.0. The van der Waals surface area contributed by atoms with E-state index in [2.05, 4.69) is 5.32 Å². The maximum Gasteiger partial charge on any atom is 0.414 e. The minimum absolute atomic E-state index is 0.0638. The zero-order chi connectivity index (χ0) is 21.4. The lowest BCUT2D eigenvalue weighted by Gasteiger charge is -2.25. The van der Waals surface area contributed by atoms with Crippen LogP contribution >= 0.6 is 0 Å². The van der Waals surface area contributed by atoms with Crippen molar-refractivity contribution in [3.63, 3.8) is 0 Å². The quantitative estimate of drug-likeness (QED) is 0.748. The molecule has 2 amide bonds. The Bertz CT molecular complexity index is 841. The molecule has 9 nitrogen and oxygen atoms in total. The molecule has 3 saturated heterocycles. The summed E-state index contributed by atoms with van der Waals surface area (Å²) >= 11 is 0. The Balaban J connectivity index is 1.48. The summed E-state index contributed by atoms with van der Waals surface area (Å²) in [4.78, 5) is 37.5. The molecule has 0 bridgehead atoms. The van der Waals surface area contributed by atoms with Gasteiger partial charge in [0.05, 0.1) is 31.9 Å². The number of hydrogen-bond donors (Lipinski definition) is 1. The molecule has 4 rings (SSSR count). The SMILES string of the molecule is CC(=O)NC[C@H]1CN(c2cc(F)c(N3CCN4CC(=O)CN4CC3)c(F)c2)C(=O)O1. The van der Waals surface area contributed by atoms with Crippen LogP contribution in [0, 0.1) is 11.6 Å². The third kappa shape index (κ3) is 4.08. The van der Waals surface area contributed by atoms with Crippen LogP contribution in [0.4, 0.5) is 25.0 Å². The van der Waals surface area contributed by atoms with Crippen LogP contribution in [0.1, 0.15) is 6.92 Å². The predicted octanol–water partition coefficient (Wildman–Crippen LogP) is 0.348. The smallest absolute Gasteiger partial charge is 0.414 e. The topological polar surface area (TPSA) is 85.4 Å². The van der Waals surface area contributed by atoms with Gasteiger partial charge >= 0.3 is 6.09 Å². The normalized spacial score (nSPS) is 22.8. The van der Waals surface area contributed by atoms with Gasteiger partial charge in [0.2, 0.25) is 5.91 Å². The van der Waals surface area contributed by atoms with Crippen molar-refractivity contribution in [2.75, 3.05) is 62.2 Å². The highest BCUT2D eigenvalue weighted by molar-refractivity contribution is 5.90. The van der Waals surface area contributed by atoms with Crippen molar-refractivity contribution < 1.29 is 27.9 Å². The highest BCUT2D eigenvalue weighted by Crippen LogP contribution is 2.31. The zero-order valence-electron chi connectivity index (χ0n) is 16.6. The van der Waals surface area contributed by atoms with Gasteiger partial charge in [0.25, 0.3) is 0 Å². The van der Waals surface area contributed by atoms with E-state index in [1.165, 1.54) is 6.92 Å². The van der Waals surface area contributed by atoms with Gasteiger partial charge < -0.3 is 15.0 Å². The van der Waals surface area contributed by atoms with Gasteiger partial charge in [-0.05, 0) is 0 Å². The molecule has 1 atom stereocenters. The van der Waals surface area contributed by atoms with Crippen molar-refractivity contribution >= 4 is 29.2 Å². The first-order valence-corrected chi connectivity index (χ1v) is 9.80. The van der Waals surface area contributed by atoms with E-state index in [1.807, 2.05) is 10.0 Å². The van der Waals surface area contributed by atoms with Crippen LogP contribution in [0.3, 0.4) is 0 Å². The van der Waals surface area contributed by atoms with Crippen LogP contribution in [0.2, 0.25) is 0 Å². The lowest BCUT2D eigenvalue weighted by atomic mass is 10.2. The van der Waals surface area contributed by atoms with Gasteiger partial charge in [-0.1, -0.05) is 0 Å². The third-order valence-corrected chi connectivity index (χ3v) is 5.46. The molecule has 1 aromatic rings. The molecule has 0 unspecified atom stereocenters. The van der Waals surface area contributed by atoms with Crippen LogP contribution in [-0.4, -0.2) is 86.3 Å². The number of rotatable bonds is 4. The van der Waals surface area contributed by atoms with Crippen molar-refractivity contribution in [1.29, 1.82) is 0 Å². The third-order valence-electron chi connectivity index (χ3n) is 5.46. The summed E-state index contributed by atoms with van der Waals surface area (Å²) in [6.45, 7) is 3.96. The Morgan fingerprint density at radius 3 is 2.27 bits per heavy atom. The van der Waals surface area contributed by atoms with E-state index in [1.54, 1.807) is 4.90 Å². The molecule has 162 valence electrons. The highest BCUT2D eigenvalue weighted by atomic mass is 19.1. The fourth-order valence-electron chi connectivity index (χ4n) is 4.01. The van der Waals surface area contributed by atoms with Gasteiger partial charge in [-0.25, -0.2) is 23.6 Å². The minimum atomic E-state index is -0.767. The fraction of sp³-hybridized carbons (Fsp3) is 0.526. The number of hydrogen-bond acceptors (Lipinski definition) is 7. The molecule has 11 heteroatoms. The van der Waals surface area contributed by atoms with Gasteiger partial charge in [-0.3, -0.25) is 14.5 Å². The minimum Gasteiger partial charge on any atom is -0.442 e. The average Bonchev–Trinajstić information content (AvgIpc) is 3.17. The molecule has 3 aliphatic rings. The number of benzene rings is 1. The number of ketones is 1. The molecule has 0 aliphatic carbocycles. The van der Waals surface area contributed by atoms with Gasteiger partial charge in [-0.2, -0.15) is 0 Å². The lowest BCUT2D eigenvalue weighted by Crippen LogP contribution is -2.37. The first kappa shape index (κ1) is 20.5. The number of anilines is 2. The van der Waals surface area contributed by atoms with E-state index < -0.39 is 23.8 Å². The summed E-state index contributed by atoms with van der Waals surface area (Å²) in [6.07, 6.45) is -1.31. The zero-order valence-corrected chi connectivity index (χ0v) is 16.6. The van der Waals surface area contributed by atoms with Gasteiger partial charge in [0.15, 0.2) is 17.4 Å². The number of nitrogens with one attached hydrogen (secondary N) is 1. The Labute approximate surface area is 172 Å². The summed E-state index contributed by atoms with van der Waals surface area (Å²) in [5.41, 5.74) is -0.0799. The molecule has 1 aromatic carbocycles. The van der Waals surface area contributed by atoms with E-state index in [9.17, 15) is 23.2 Å². The standard InChI is InChI=1S/C19H23F2N5O4/c1-12(27)22-8-15-11-26(19(29)30-15)13-6-16(20)18(17(21)7-13)23-2-4-24-9-14(28)10-25(24)5-3-23/h6-7,15H,2-5,8-11H2,1H3,(H,22,27)/t15-/m0/s1. The molecule has 1 N–H and O–H groups in total. The first-order chi connectivity index (χ1) is 14.3. The van der Waals surface area contributed by atoms with Crippen molar-refractivity contribution in [1.82, 2.24) is 15.3 Å². The lowest BCUT2D eigenvalue weighted by molar-refractivity contribution is -0.119. The summed E-state index contributed by atoms with van der Waals surface area (Å²) in [5.74, 6) is -1.66. The summed E-state index contributed by atoms with van der Waals surface area (Å²) in [6, 6.07) is 2.24. The predicted molar refractivity (Wildman–Crippen MR) is 103 cm³/mol. The van der Waals surface area contributed by atoms with Gasteiger partial charge in [0.1, 0.15) is 11.8 Å². The number of fused-ring (bicyclic) bond motifs is 1. The average molecular weight is 423 g/mol. The molecule has 0 saturated carbocycles. The molecule has 3 heterocycles. The van der Waals surface area contributed by atoms with Crippen LogP contribution in [0.25, 0.3) is 0 Å². The highest BCUT2D eigenvalue weighted by Gasteiger charge is 2.35. The second-order valence-electron chi connectivity index (χ2n) is 7.61. The maximum atomic E-state index is 14.9. The number of nitrogens with zero attached hydrogens (tertiary/aromatic N) is 4. The van der Waals surface area contributed by atoms with E-state index in [0.717, 1.165) is 17.0 Å². The van der Waals surface area contributed by atoms with Crippen molar-refractivity contribution in [2.24, 2.45) is 0 Å².